The molecule has 0 saturated carbocycles. The van der Waals surface area contributed by atoms with Crippen LogP contribution in [0.4, 0.5) is 0 Å². The van der Waals surface area contributed by atoms with Gasteiger partial charge in [-0.2, -0.15) is 0 Å². The fourth-order valence-electron chi connectivity index (χ4n) is 2.27. The maximum atomic E-state index is 12.4. The minimum atomic E-state index is -0.106. The quantitative estimate of drug-likeness (QED) is 0.731. The van der Waals surface area contributed by atoms with Crippen LogP contribution in [-0.2, 0) is 6.42 Å². The second-order valence-electron chi connectivity index (χ2n) is 4.33. The van der Waals surface area contributed by atoms with Gasteiger partial charge in [0.1, 0.15) is 0 Å². The number of H-pyrrole nitrogens is 1. The van der Waals surface area contributed by atoms with Crippen molar-refractivity contribution in [3.05, 3.63) is 58.1 Å². The van der Waals surface area contributed by atoms with Gasteiger partial charge in [-0.25, -0.2) is 0 Å². The molecular formula is C15H12BrNO2. The van der Waals surface area contributed by atoms with E-state index in [1.165, 1.54) is 5.56 Å². The number of ketones is 1. The Hall–Kier alpha value is -1.81. The van der Waals surface area contributed by atoms with E-state index >= 15 is 0 Å². The van der Waals surface area contributed by atoms with Crippen molar-refractivity contribution in [3.8, 4) is 0 Å². The number of hydrogen-bond acceptors (Lipinski definition) is 2. The first-order chi connectivity index (χ1) is 9.20. The molecule has 0 atom stereocenters. The molecule has 1 aromatic carbocycles. The first kappa shape index (κ1) is 12.2. The summed E-state index contributed by atoms with van der Waals surface area (Å²) in [6.07, 6.45) is 2.68. The third-order valence-electron chi connectivity index (χ3n) is 3.22. The predicted molar refractivity (Wildman–Crippen MR) is 77.5 cm³/mol. The largest absolute Gasteiger partial charge is 0.446 e. The fourth-order valence-corrected chi connectivity index (χ4v) is 2.58. The summed E-state index contributed by atoms with van der Waals surface area (Å²) in [4.78, 5) is 15.6. The van der Waals surface area contributed by atoms with Crippen LogP contribution in [0.2, 0.25) is 0 Å². The molecule has 0 bridgehead atoms. The Kier molecular flexibility index (Phi) is 3.03. The summed E-state index contributed by atoms with van der Waals surface area (Å²) in [7, 11) is 0. The highest BCUT2D eigenvalue weighted by atomic mass is 79.9. The number of furan rings is 1. The van der Waals surface area contributed by atoms with E-state index in [0.717, 1.165) is 17.3 Å². The molecule has 0 saturated heterocycles. The lowest BCUT2D eigenvalue weighted by molar-refractivity contribution is 0.101. The van der Waals surface area contributed by atoms with E-state index in [-0.39, 0.29) is 5.78 Å². The van der Waals surface area contributed by atoms with E-state index in [4.69, 9.17) is 4.42 Å². The number of carbonyl (C=O) groups excluding carboxylic acids is 1. The van der Waals surface area contributed by atoms with Crippen LogP contribution in [0.5, 0.6) is 0 Å². The molecule has 0 unspecified atom stereocenters. The van der Waals surface area contributed by atoms with Gasteiger partial charge in [0.2, 0.25) is 5.78 Å². The summed E-state index contributed by atoms with van der Waals surface area (Å²) in [5.74, 6) is 0.236. The number of benzene rings is 1. The van der Waals surface area contributed by atoms with E-state index in [1.807, 2.05) is 12.1 Å². The molecule has 1 N–H and O–H groups in total. The zero-order chi connectivity index (χ0) is 13.4. The van der Waals surface area contributed by atoms with Crippen LogP contribution >= 0.6 is 15.9 Å². The Morgan fingerprint density at radius 1 is 1.32 bits per heavy atom. The zero-order valence-electron chi connectivity index (χ0n) is 10.4. The van der Waals surface area contributed by atoms with Crippen LogP contribution in [0.1, 0.15) is 28.6 Å². The molecule has 0 amide bonds. The third-order valence-corrected chi connectivity index (χ3v) is 3.65. The Morgan fingerprint density at radius 2 is 2.16 bits per heavy atom. The van der Waals surface area contributed by atoms with Gasteiger partial charge in [0.05, 0.1) is 5.56 Å². The van der Waals surface area contributed by atoms with Gasteiger partial charge in [0, 0.05) is 17.1 Å². The van der Waals surface area contributed by atoms with E-state index in [2.05, 4.69) is 33.9 Å². The number of halogens is 1. The lowest BCUT2D eigenvalue weighted by Crippen LogP contribution is -1.98. The molecule has 0 spiro atoms. The molecule has 0 aliphatic heterocycles. The number of carbonyl (C=O) groups is 1. The number of fused-ring (bicyclic) bond motifs is 1. The summed E-state index contributed by atoms with van der Waals surface area (Å²) in [5.41, 5.74) is 2.88. The molecule has 0 aliphatic carbocycles. The van der Waals surface area contributed by atoms with Gasteiger partial charge in [-0.15, -0.1) is 0 Å². The van der Waals surface area contributed by atoms with Crippen molar-refractivity contribution >= 4 is 32.6 Å². The summed E-state index contributed by atoms with van der Waals surface area (Å²) < 4.78 is 5.89. The minimum Gasteiger partial charge on any atom is -0.446 e. The van der Waals surface area contributed by atoms with E-state index in [0.29, 0.717) is 16.0 Å². The Balaban J connectivity index is 2.13. The molecule has 4 heteroatoms. The van der Waals surface area contributed by atoms with Gasteiger partial charge >= 0.3 is 0 Å². The topological polar surface area (TPSA) is 46.0 Å². The lowest BCUT2D eigenvalue weighted by atomic mass is 10.0. The highest BCUT2D eigenvalue weighted by Crippen LogP contribution is 2.25. The summed E-state index contributed by atoms with van der Waals surface area (Å²) in [5, 5.41) is 0.942. The molecule has 2 heterocycles. The van der Waals surface area contributed by atoms with Crippen molar-refractivity contribution in [2.75, 3.05) is 0 Å². The van der Waals surface area contributed by atoms with Crippen LogP contribution in [0.25, 0.3) is 10.9 Å². The standard InChI is InChI=1S/C15H12BrNO2/c1-2-9-4-3-5-10-11(8-17-14(9)10)15(18)12-6-7-13(16)19-12/h3-8,17H,2H2,1H3. The maximum Gasteiger partial charge on any atom is 0.230 e. The molecule has 3 rings (SSSR count). The number of aromatic amines is 1. The molecule has 0 aliphatic rings. The SMILES string of the molecule is CCc1cccc2c(C(=O)c3ccc(Br)o3)c[nH]c12. The normalized spacial score (nSPS) is 11.1. The Morgan fingerprint density at radius 3 is 2.84 bits per heavy atom. The smallest absolute Gasteiger partial charge is 0.230 e. The van der Waals surface area contributed by atoms with E-state index < -0.39 is 0 Å². The molecule has 0 radical (unpaired) electrons. The van der Waals surface area contributed by atoms with Crippen molar-refractivity contribution in [3.63, 3.8) is 0 Å². The molecule has 19 heavy (non-hydrogen) atoms. The van der Waals surface area contributed by atoms with Crippen molar-refractivity contribution in [2.45, 2.75) is 13.3 Å². The predicted octanol–water partition coefficient (Wildman–Crippen LogP) is 4.32. The molecule has 2 aromatic heterocycles. The second kappa shape index (κ2) is 4.70. The van der Waals surface area contributed by atoms with Crippen LogP contribution in [0, 0.1) is 0 Å². The van der Waals surface area contributed by atoms with Gasteiger partial charge in [-0.1, -0.05) is 25.1 Å². The molecule has 96 valence electrons. The van der Waals surface area contributed by atoms with Gasteiger partial charge in [-0.05, 0) is 40.0 Å². The average Bonchev–Trinajstić information content (AvgIpc) is 3.03. The van der Waals surface area contributed by atoms with Crippen molar-refractivity contribution in [1.29, 1.82) is 0 Å². The minimum absolute atomic E-state index is 0.106. The lowest BCUT2D eigenvalue weighted by Gasteiger charge is -2.00. The highest BCUT2D eigenvalue weighted by molar-refractivity contribution is 9.10. The van der Waals surface area contributed by atoms with E-state index in [9.17, 15) is 4.79 Å². The molecule has 0 fully saturated rings. The first-order valence-corrected chi connectivity index (χ1v) is 6.89. The fraction of sp³-hybridized carbons (Fsp3) is 0.133. The van der Waals surface area contributed by atoms with Gasteiger partial charge in [-0.3, -0.25) is 4.79 Å². The van der Waals surface area contributed by atoms with Crippen LogP contribution in [0.15, 0.2) is 45.6 Å². The van der Waals surface area contributed by atoms with Crippen LogP contribution < -0.4 is 0 Å². The van der Waals surface area contributed by atoms with Crippen LogP contribution in [-0.4, -0.2) is 10.8 Å². The number of aromatic nitrogens is 1. The van der Waals surface area contributed by atoms with Crippen molar-refractivity contribution in [1.82, 2.24) is 4.98 Å². The Bertz CT molecular complexity index is 754. The molecule has 3 aromatic rings. The van der Waals surface area contributed by atoms with Gasteiger partial charge in [0.15, 0.2) is 10.4 Å². The third kappa shape index (κ3) is 2.02. The summed E-state index contributed by atoms with van der Waals surface area (Å²) in [6.45, 7) is 2.10. The number of rotatable bonds is 3. The maximum absolute atomic E-state index is 12.4. The van der Waals surface area contributed by atoms with Gasteiger partial charge < -0.3 is 9.40 Å². The van der Waals surface area contributed by atoms with Crippen molar-refractivity contribution < 1.29 is 9.21 Å². The van der Waals surface area contributed by atoms with Crippen molar-refractivity contribution in [2.24, 2.45) is 0 Å². The number of hydrogen-bond donors (Lipinski definition) is 1. The molecular weight excluding hydrogens is 306 g/mol. The monoisotopic (exact) mass is 317 g/mol. The molecule has 3 nitrogen and oxygen atoms in total. The second-order valence-corrected chi connectivity index (χ2v) is 5.11. The summed E-state index contributed by atoms with van der Waals surface area (Å²) in [6, 6.07) is 9.39. The van der Waals surface area contributed by atoms with Gasteiger partial charge in [0.25, 0.3) is 0 Å². The summed E-state index contributed by atoms with van der Waals surface area (Å²) >= 11 is 3.21. The zero-order valence-corrected chi connectivity index (χ0v) is 12.0. The number of para-hydroxylation sites is 1. The first-order valence-electron chi connectivity index (χ1n) is 6.09. The number of aryl methyl sites for hydroxylation is 1. The highest BCUT2D eigenvalue weighted by Gasteiger charge is 2.18. The Labute approximate surface area is 118 Å². The average molecular weight is 318 g/mol. The van der Waals surface area contributed by atoms with E-state index in [1.54, 1.807) is 18.3 Å². The number of nitrogens with one attached hydrogen (secondary N) is 1. The van der Waals surface area contributed by atoms with Crippen LogP contribution in [0.3, 0.4) is 0 Å².